The molecule has 36 heavy (non-hydrogen) atoms. The summed E-state index contributed by atoms with van der Waals surface area (Å²) in [6, 6.07) is 16.7. The Bertz CT molecular complexity index is 1390. The number of rotatable bonds is 6. The summed E-state index contributed by atoms with van der Waals surface area (Å²) in [6.45, 7) is 6.02. The Balaban J connectivity index is 1.30. The highest BCUT2D eigenvalue weighted by molar-refractivity contribution is 6.30. The Morgan fingerprint density at radius 3 is 2.33 bits per heavy atom. The van der Waals surface area contributed by atoms with E-state index in [-0.39, 0.29) is 5.91 Å². The number of aryl methyl sites for hydroxylation is 1. The number of amides is 1. The number of hydrogen-bond donors (Lipinski definition) is 1. The van der Waals surface area contributed by atoms with Crippen LogP contribution in [0.1, 0.15) is 48.2 Å². The van der Waals surface area contributed by atoms with Crippen molar-refractivity contribution in [3.05, 3.63) is 88.5 Å². The van der Waals surface area contributed by atoms with Crippen molar-refractivity contribution in [3.8, 4) is 17.4 Å². The summed E-state index contributed by atoms with van der Waals surface area (Å²) in [5.74, 6) is 1.67. The van der Waals surface area contributed by atoms with E-state index in [0.29, 0.717) is 28.2 Å². The average molecular weight is 502 g/mol. The highest BCUT2D eigenvalue weighted by Crippen LogP contribution is 2.42. The van der Waals surface area contributed by atoms with Crippen molar-refractivity contribution in [1.82, 2.24) is 19.7 Å². The molecule has 0 saturated heterocycles. The van der Waals surface area contributed by atoms with Crippen molar-refractivity contribution in [2.24, 2.45) is 0 Å². The van der Waals surface area contributed by atoms with Crippen molar-refractivity contribution in [1.29, 1.82) is 0 Å². The van der Waals surface area contributed by atoms with Crippen LogP contribution in [0.25, 0.3) is 5.82 Å². The maximum absolute atomic E-state index is 13.4. The zero-order valence-electron chi connectivity index (χ0n) is 20.6. The molecule has 2 aromatic heterocycles. The van der Waals surface area contributed by atoms with Gasteiger partial charge in [0.2, 0.25) is 11.8 Å². The van der Waals surface area contributed by atoms with Crippen molar-refractivity contribution >= 4 is 23.2 Å². The summed E-state index contributed by atoms with van der Waals surface area (Å²) in [5.41, 5.74) is 4.31. The molecule has 184 valence electrons. The van der Waals surface area contributed by atoms with Gasteiger partial charge >= 0.3 is 0 Å². The second-order valence-electron chi connectivity index (χ2n) is 9.30. The van der Waals surface area contributed by atoms with Gasteiger partial charge in [-0.3, -0.25) is 4.79 Å². The highest BCUT2D eigenvalue weighted by Gasteiger charge is 2.42. The summed E-state index contributed by atoms with van der Waals surface area (Å²) in [4.78, 5) is 22.0. The molecule has 1 amide bonds. The van der Waals surface area contributed by atoms with Gasteiger partial charge < -0.3 is 10.1 Å². The van der Waals surface area contributed by atoms with Gasteiger partial charge in [0.15, 0.2) is 5.82 Å². The number of carbonyl (C=O) groups excluding carboxylic acids is 1. The van der Waals surface area contributed by atoms with Gasteiger partial charge in [0, 0.05) is 22.5 Å². The standard InChI is InChI=1S/C28H28ClN5O2/c1-18-19(2)33-34(20(18)3)25-16-26(31-17-30-25)36-24-12-10-23(11-13-24)32-27(35)28(14-4-5-15-28)21-6-8-22(29)9-7-21/h6-13,16-17H,4-5,14-15H2,1-3H3,(H,32,35). The Kier molecular flexibility index (Phi) is 6.49. The molecule has 7 nitrogen and oxygen atoms in total. The lowest BCUT2D eigenvalue weighted by Gasteiger charge is -2.28. The smallest absolute Gasteiger partial charge is 0.235 e. The Hall–Kier alpha value is -3.71. The number of aromatic nitrogens is 4. The molecule has 0 bridgehead atoms. The van der Waals surface area contributed by atoms with Crippen LogP contribution in [0, 0.1) is 20.8 Å². The lowest BCUT2D eigenvalue weighted by atomic mass is 9.78. The minimum absolute atomic E-state index is 0.0108. The minimum Gasteiger partial charge on any atom is -0.439 e. The summed E-state index contributed by atoms with van der Waals surface area (Å²) in [7, 11) is 0. The first-order chi connectivity index (χ1) is 17.4. The van der Waals surface area contributed by atoms with E-state index in [0.717, 1.165) is 48.2 Å². The Labute approximate surface area is 215 Å². The molecule has 1 N–H and O–H groups in total. The molecule has 0 radical (unpaired) electrons. The number of anilines is 1. The third-order valence-corrected chi connectivity index (χ3v) is 7.37. The van der Waals surface area contributed by atoms with E-state index in [4.69, 9.17) is 16.3 Å². The number of halogens is 1. The molecule has 1 saturated carbocycles. The first-order valence-corrected chi connectivity index (χ1v) is 12.4. The molecular weight excluding hydrogens is 474 g/mol. The Morgan fingerprint density at radius 2 is 1.69 bits per heavy atom. The summed E-state index contributed by atoms with van der Waals surface area (Å²) < 4.78 is 7.75. The monoisotopic (exact) mass is 501 g/mol. The molecule has 2 heterocycles. The molecule has 8 heteroatoms. The van der Waals surface area contributed by atoms with Crippen LogP contribution in [0.3, 0.4) is 0 Å². The van der Waals surface area contributed by atoms with Crippen LogP contribution >= 0.6 is 11.6 Å². The third-order valence-electron chi connectivity index (χ3n) is 7.12. The van der Waals surface area contributed by atoms with Gasteiger partial charge in [0.25, 0.3) is 0 Å². The third kappa shape index (κ3) is 4.58. The quantitative estimate of drug-likeness (QED) is 0.327. The minimum atomic E-state index is -0.529. The van der Waals surface area contributed by atoms with Crippen molar-refractivity contribution in [2.45, 2.75) is 51.9 Å². The van der Waals surface area contributed by atoms with E-state index in [1.54, 1.807) is 10.7 Å². The fourth-order valence-electron chi connectivity index (χ4n) is 4.82. The zero-order valence-corrected chi connectivity index (χ0v) is 21.3. The van der Waals surface area contributed by atoms with Gasteiger partial charge in [-0.2, -0.15) is 5.10 Å². The number of benzene rings is 2. The molecule has 1 aliphatic rings. The number of hydrogen-bond acceptors (Lipinski definition) is 5. The van der Waals surface area contributed by atoms with E-state index in [2.05, 4.69) is 20.4 Å². The van der Waals surface area contributed by atoms with Crippen molar-refractivity contribution in [3.63, 3.8) is 0 Å². The van der Waals surface area contributed by atoms with Gasteiger partial charge in [0.05, 0.1) is 11.1 Å². The molecule has 2 aromatic carbocycles. The Morgan fingerprint density at radius 1 is 1.00 bits per heavy atom. The molecule has 0 aliphatic heterocycles. The predicted molar refractivity (Wildman–Crippen MR) is 140 cm³/mol. The average Bonchev–Trinajstić information content (AvgIpc) is 3.48. The molecule has 1 aliphatic carbocycles. The number of ether oxygens (including phenoxy) is 1. The van der Waals surface area contributed by atoms with Gasteiger partial charge in [0.1, 0.15) is 12.1 Å². The molecule has 5 rings (SSSR count). The van der Waals surface area contributed by atoms with Gasteiger partial charge in [-0.15, -0.1) is 0 Å². The van der Waals surface area contributed by atoms with Crippen LogP contribution in [-0.4, -0.2) is 25.7 Å². The molecule has 1 fully saturated rings. The zero-order chi connectivity index (χ0) is 25.3. The van der Waals surface area contributed by atoms with Gasteiger partial charge in [-0.1, -0.05) is 36.6 Å². The first kappa shape index (κ1) is 24.0. The lowest BCUT2D eigenvalue weighted by molar-refractivity contribution is -0.121. The van der Waals surface area contributed by atoms with Gasteiger partial charge in [-0.05, 0) is 81.1 Å². The second-order valence-corrected chi connectivity index (χ2v) is 9.74. The first-order valence-electron chi connectivity index (χ1n) is 12.1. The molecular formula is C28H28ClN5O2. The van der Waals surface area contributed by atoms with Crippen LogP contribution in [0.2, 0.25) is 5.02 Å². The van der Waals surface area contributed by atoms with Gasteiger partial charge in [-0.25, -0.2) is 14.6 Å². The number of nitrogens with zero attached hydrogens (tertiary/aromatic N) is 4. The topological polar surface area (TPSA) is 81.9 Å². The largest absolute Gasteiger partial charge is 0.439 e. The van der Waals surface area contributed by atoms with Crippen molar-refractivity contribution in [2.75, 3.05) is 5.32 Å². The molecule has 0 atom stereocenters. The molecule has 0 unspecified atom stereocenters. The normalized spacial score (nSPS) is 14.6. The van der Waals surface area contributed by atoms with Crippen LogP contribution in [0.15, 0.2) is 60.9 Å². The number of carbonyl (C=O) groups is 1. The SMILES string of the molecule is Cc1nn(-c2cc(Oc3ccc(NC(=O)C4(c5ccc(Cl)cc5)CCCC4)cc3)ncn2)c(C)c1C. The van der Waals surface area contributed by atoms with Crippen LogP contribution in [0.5, 0.6) is 11.6 Å². The maximum atomic E-state index is 13.4. The summed E-state index contributed by atoms with van der Waals surface area (Å²) in [5, 5.41) is 8.33. The molecule has 4 aromatic rings. The maximum Gasteiger partial charge on any atom is 0.235 e. The lowest BCUT2D eigenvalue weighted by Crippen LogP contribution is -2.37. The fraction of sp³-hybridized carbons (Fsp3) is 0.286. The van der Waals surface area contributed by atoms with Crippen LogP contribution < -0.4 is 10.1 Å². The van der Waals surface area contributed by atoms with E-state index < -0.39 is 5.41 Å². The van der Waals surface area contributed by atoms with E-state index in [1.165, 1.54) is 6.33 Å². The molecule has 0 spiro atoms. The second kappa shape index (κ2) is 9.74. The summed E-state index contributed by atoms with van der Waals surface area (Å²) >= 11 is 6.08. The van der Waals surface area contributed by atoms with Crippen LogP contribution in [-0.2, 0) is 10.2 Å². The summed E-state index contributed by atoms with van der Waals surface area (Å²) in [6.07, 6.45) is 5.17. The van der Waals surface area contributed by atoms with E-state index >= 15 is 0 Å². The van der Waals surface area contributed by atoms with E-state index in [9.17, 15) is 4.79 Å². The number of nitrogens with one attached hydrogen (secondary N) is 1. The van der Waals surface area contributed by atoms with E-state index in [1.807, 2.05) is 69.3 Å². The van der Waals surface area contributed by atoms with Crippen molar-refractivity contribution < 1.29 is 9.53 Å². The predicted octanol–water partition coefficient (Wildman–Crippen LogP) is 6.48. The fourth-order valence-corrected chi connectivity index (χ4v) is 4.94. The van der Waals surface area contributed by atoms with Crippen LogP contribution in [0.4, 0.5) is 5.69 Å². The highest BCUT2D eigenvalue weighted by atomic mass is 35.5.